The number of benzene rings is 2. The lowest BCUT2D eigenvalue weighted by Crippen LogP contribution is -2.22. The number of carbonyl (C=O) groups excluding carboxylic acids is 2. The number of nitrogens with zero attached hydrogens (tertiary/aromatic N) is 2. The summed E-state index contributed by atoms with van der Waals surface area (Å²) in [4.78, 5) is 33.7. The van der Waals surface area contributed by atoms with E-state index in [9.17, 15) is 9.59 Å². The molecule has 1 heterocycles. The molecular weight excluding hydrogens is 382 g/mol. The summed E-state index contributed by atoms with van der Waals surface area (Å²) < 4.78 is 1.13. The lowest BCUT2D eigenvalue weighted by Gasteiger charge is -2.16. The monoisotopic (exact) mass is 399 g/mol. The molecular formula is C23H17N3O2S. The van der Waals surface area contributed by atoms with E-state index < -0.39 is 0 Å². The summed E-state index contributed by atoms with van der Waals surface area (Å²) in [6, 6.07) is 15.6. The van der Waals surface area contributed by atoms with Crippen molar-refractivity contribution >= 4 is 45.0 Å². The topological polar surface area (TPSA) is 71.4 Å². The third kappa shape index (κ3) is 3.58. The molecule has 4 rings (SSSR count). The lowest BCUT2D eigenvalue weighted by molar-refractivity contribution is -0.115. The Hall–Kier alpha value is -3.64. The van der Waals surface area contributed by atoms with Crippen molar-refractivity contribution < 1.29 is 9.59 Å². The van der Waals surface area contributed by atoms with Crippen molar-refractivity contribution in [2.75, 3.05) is 5.32 Å². The van der Waals surface area contributed by atoms with E-state index in [1.807, 2.05) is 48.5 Å². The van der Waals surface area contributed by atoms with Crippen molar-refractivity contribution in [1.82, 2.24) is 4.98 Å². The van der Waals surface area contributed by atoms with Gasteiger partial charge in [0.1, 0.15) is 10.7 Å². The average molecular weight is 399 g/mol. The Morgan fingerprint density at radius 3 is 2.55 bits per heavy atom. The second-order valence-electron chi connectivity index (χ2n) is 6.29. The summed E-state index contributed by atoms with van der Waals surface area (Å²) in [5, 5.41) is 3.96. The molecule has 0 amide bonds. The fourth-order valence-electron chi connectivity index (χ4n) is 3.04. The fraction of sp³-hybridized carbons (Fsp3) is 0.0435. The molecule has 0 saturated heterocycles. The molecule has 6 heteroatoms. The molecule has 0 radical (unpaired) electrons. The van der Waals surface area contributed by atoms with E-state index in [1.54, 1.807) is 18.3 Å². The zero-order valence-corrected chi connectivity index (χ0v) is 16.5. The number of allylic oxidation sites excluding steroid dienone is 3. The third-order valence-corrected chi connectivity index (χ3v) is 5.51. The number of aliphatic imine (C=N–C) groups is 1. The molecule has 0 bridgehead atoms. The number of thiazole rings is 1. The van der Waals surface area contributed by atoms with Gasteiger partial charge >= 0.3 is 0 Å². The number of anilines is 1. The van der Waals surface area contributed by atoms with E-state index in [0.29, 0.717) is 5.69 Å². The smallest absolute Gasteiger partial charge is 0.211 e. The van der Waals surface area contributed by atoms with E-state index in [2.05, 4.69) is 21.9 Å². The number of carbonyl (C=O) groups is 2. The van der Waals surface area contributed by atoms with Crippen LogP contribution in [-0.2, 0) is 9.59 Å². The maximum Gasteiger partial charge on any atom is 0.211 e. The molecule has 1 aliphatic carbocycles. The highest BCUT2D eigenvalue weighted by atomic mass is 32.1. The van der Waals surface area contributed by atoms with Crippen molar-refractivity contribution in [3.8, 4) is 10.6 Å². The number of ketones is 2. The van der Waals surface area contributed by atoms with Crippen LogP contribution in [-0.4, -0.2) is 22.8 Å². The fourth-order valence-corrected chi connectivity index (χ4v) is 4.01. The van der Waals surface area contributed by atoms with Crippen molar-refractivity contribution in [3.05, 3.63) is 84.2 Å². The predicted molar refractivity (Wildman–Crippen MR) is 118 cm³/mol. The first-order chi connectivity index (χ1) is 14.1. The highest BCUT2D eigenvalue weighted by Gasteiger charge is 2.26. The molecule has 5 nitrogen and oxygen atoms in total. The van der Waals surface area contributed by atoms with Crippen LogP contribution in [0.4, 0.5) is 5.69 Å². The molecule has 0 fully saturated rings. The summed E-state index contributed by atoms with van der Waals surface area (Å²) in [6.07, 6.45) is 4.13. The van der Waals surface area contributed by atoms with E-state index in [-0.39, 0.29) is 28.5 Å². The summed E-state index contributed by atoms with van der Waals surface area (Å²) in [5.41, 5.74) is 3.18. The zero-order chi connectivity index (χ0) is 20.4. The summed E-state index contributed by atoms with van der Waals surface area (Å²) in [6.45, 7) is 5.33. The molecule has 2 aromatic carbocycles. The number of aromatic nitrogens is 1. The highest BCUT2D eigenvalue weighted by molar-refractivity contribution is 7.21. The molecule has 0 unspecified atom stereocenters. The third-order valence-electron chi connectivity index (χ3n) is 4.42. The molecule has 0 spiro atoms. The van der Waals surface area contributed by atoms with E-state index >= 15 is 0 Å². The van der Waals surface area contributed by atoms with Crippen molar-refractivity contribution in [1.29, 1.82) is 0 Å². The van der Waals surface area contributed by atoms with Crippen molar-refractivity contribution in [2.24, 2.45) is 4.99 Å². The highest BCUT2D eigenvalue weighted by Crippen LogP contribution is 2.31. The molecule has 142 valence electrons. The molecule has 1 aromatic heterocycles. The van der Waals surface area contributed by atoms with Crippen LogP contribution in [0.25, 0.3) is 20.8 Å². The SMILES string of the molecule is C=CC1=C(N=CC)C(=O)C=C(Nc2ccc(-c3nc4ccccc4s3)cc2)C1=O. The van der Waals surface area contributed by atoms with E-state index in [1.165, 1.54) is 18.4 Å². The van der Waals surface area contributed by atoms with Crippen LogP contribution in [0.3, 0.4) is 0 Å². The van der Waals surface area contributed by atoms with Crippen LogP contribution < -0.4 is 5.32 Å². The minimum absolute atomic E-state index is 0.115. The van der Waals surface area contributed by atoms with Gasteiger partial charge in [-0.15, -0.1) is 11.3 Å². The second kappa shape index (κ2) is 7.77. The van der Waals surface area contributed by atoms with Gasteiger partial charge in [-0.05, 0) is 43.3 Å². The van der Waals surface area contributed by atoms with Gasteiger partial charge in [0.15, 0.2) is 0 Å². The summed E-state index contributed by atoms with van der Waals surface area (Å²) in [7, 11) is 0. The van der Waals surface area contributed by atoms with Gasteiger partial charge in [0.2, 0.25) is 11.6 Å². The lowest BCUT2D eigenvalue weighted by atomic mass is 9.97. The Morgan fingerprint density at radius 1 is 1.10 bits per heavy atom. The number of hydrogen-bond acceptors (Lipinski definition) is 6. The maximum absolute atomic E-state index is 12.7. The number of Topliss-reactive ketones (excluding diaryl/α,β-unsaturated/α-hetero) is 1. The number of hydrogen-bond donors (Lipinski definition) is 1. The van der Waals surface area contributed by atoms with Gasteiger partial charge in [-0.3, -0.25) is 14.6 Å². The number of para-hydroxylation sites is 1. The van der Waals surface area contributed by atoms with Gasteiger partial charge < -0.3 is 5.32 Å². The van der Waals surface area contributed by atoms with Crippen molar-refractivity contribution in [3.63, 3.8) is 0 Å². The molecule has 0 atom stereocenters. The predicted octanol–water partition coefficient (Wildman–Crippen LogP) is 4.94. The maximum atomic E-state index is 12.7. The van der Waals surface area contributed by atoms with E-state index in [4.69, 9.17) is 0 Å². The largest absolute Gasteiger partial charge is 0.352 e. The van der Waals surface area contributed by atoms with Crippen LogP contribution in [0.5, 0.6) is 0 Å². The quantitative estimate of drug-likeness (QED) is 0.487. The Balaban J connectivity index is 1.57. The molecule has 29 heavy (non-hydrogen) atoms. The van der Waals surface area contributed by atoms with Crippen molar-refractivity contribution in [2.45, 2.75) is 6.92 Å². The molecule has 3 aromatic rings. The Morgan fingerprint density at radius 2 is 1.86 bits per heavy atom. The normalized spacial score (nSPS) is 14.6. The molecule has 1 aliphatic rings. The first-order valence-corrected chi connectivity index (χ1v) is 9.81. The first kappa shape index (κ1) is 18.7. The van der Waals surface area contributed by atoms with Gasteiger partial charge in [-0.25, -0.2) is 4.98 Å². The van der Waals surface area contributed by atoms with Gasteiger partial charge in [0, 0.05) is 23.5 Å². The van der Waals surface area contributed by atoms with Crippen LogP contribution in [0.15, 0.2) is 89.2 Å². The number of nitrogens with one attached hydrogen (secondary N) is 1. The molecule has 1 N–H and O–H groups in total. The molecule has 0 saturated carbocycles. The van der Waals surface area contributed by atoms with Crippen LogP contribution >= 0.6 is 11.3 Å². The number of fused-ring (bicyclic) bond motifs is 1. The minimum atomic E-state index is -0.328. The molecule has 0 aliphatic heterocycles. The van der Waals surface area contributed by atoms with Gasteiger partial charge in [0.25, 0.3) is 0 Å². The Kier molecular flexibility index (Phi) is 5.01. The zero-order valence-electron chi connectivity index (χ0n) is 15.7. The Bertz CT molecular complexity index is 1200. The van der Waals surface area contributed by atoms with E-state index in [0.717, 1.165) is 20.8 Å². The average Bonchev–Trinajstić information content (AvgIpc) is 3.17. The van der Waals surface area contributed by atoms with Gasteiger partial charge in [-0.1, -0.05) is 24.8 Å². The van der Waals surface area contributed by atoms with Crippen LogP contribution in [0, 0.1) is 0 Å². The summed E-state index contributed by atoms with van der Waals surface area (Å²) >= 11 is 1.63. The summed E-state index contributed by atoms with van der Waals surface area (Å²) in [5.74, 6) is -0.637. The van der Waals surface area contributed by atoms with Gasteiger partial charge in [-0.2, -0.15) is 0 Å². The second-order valence-corrected chi connectivity index (χ2v) is 7.32. The Labute approximate surface area is 171 Å². The van der Waals surface area contributed by atoms with Gasteiger partial charge in [0.05, 0.1) is 21.5 Å². The minimum Gasteiger partial charge on any atom is -0.352 e. The standard InChI is InChI=1S/C23H17N3O2S/c1-3-16-21(24-4-2)19(27)13-18(22(16)28)25-15-11-9-14(10-12-15)23-26-17-7-5-6-8-20(17)29-23/h3-13,25H,1H2,2H3. The first-order valence-electron chi connectivity index (χ1n) is 9.00. The van der Waals surface area contributed by atoms with Crippen LogP contribution in [0.2, 0.25) is 0 Å². The number of rotatable bonds is 5. The van der Waals surface area contributed by atoms with Crippen LogP contribution in [0.1, 0.15) is 6.92 Å².